The summed E-state index contributed by atoms with van der Waals surface area (Å²) in [6.45, 7) is 0.690. The van der Waals surface area contributed by atoms with Gasteiger partial charge in [0, 0.05) is 13.1 Å². The first-order valence-electron chi connectivity index (χ1n) is 4.31. The molecule has 2 rings (SSSR count). The third kappa shape index (κ3) is 1.18. The Bertz CT molecular complexity index is 395. The van der Waals surface area contributed by atoms with Crippen LogP contribution in [0.3, 0.4) is 0 Å². The summed E-state index contributed by atoms with van der Waals surface area (Å²) in [5, 5.41) is 0. The van der Waals surface area contributed by atoms with Gasteiger partial charge in [-0.05, 0) is 12.8 Å². The molecule has 0 saturated carbocycles. The van der Waals surface area contributed by atoms with Gasteiger partial charge in [-0.2, -0.15) is 0 Å². The van der Waals surface area contributed by atoms with Gasteiger partial charge in [-0.1, -0.05) is 0 Å². The lowest BCUT2D eigenvalue weighted by Crippen LogP contribution is -2.25. The highest BCUT2D eigenvalue weighted by Gasteiger charge is 2.16. The van der Waals surface area contributed by atoms with E-state index in [0.29, 0.717) is 18.0 Å². The maximum Gasteiger partial charge on any atom is 0.252 e. The molecule has 1 aliphatic rings. The van der Waals surface area contributed by atoms with Gasteiger partial charge in [0.1, 0.15) is 0 Å². The highest BCUT2D eigenvalue weighted by Crippen LogP contribution is 2.28. The average molecular weight is 180 g/mol. The average Bonchev–Trinajstić information content (AvgIpc) is 2.15. The molecule has 2 heterocycles. The van der Waals surface area contributed by atoms with E-state index in [1.807, 2.05) is 0 Å². The van der Waals surface area contributed by atoms with Gasteiger partial charge in [-0.3, -0.25) is 4.79 Å². The molecular weight excluding hydrogens is 168 g/mol. The van der Waals surface area contributed by atoms with E-state index < -0.39 is 0 Å². The number of anilines is 1. The molecule has 0 spiro atoms. The van der Waals surface area contributed by atoms with Crippen LogP contribution in [-0.4, -0.2) is 11.2 Å². The van der Waals surface area contributed by atoms with Gasteiger partial charge >= 0.3 is 0 Å². The number of hydrogen-bond acceptors (Lipinski definition) is 3. The number of aromatic nitrogens is 1. The maximum atomic E-state index is 11.3. The van der Waals surface area contributed by atoms with Gasteiger partial charge in [-0.25, -0.2) is 0 Å². The molecule has 4 nitrogen and oxygen atoms in total. The highest BCUT2D eigenvalue weighted by atomic mass is 16.5. The zero-order valence-corrected chi connectivity index (χ0v) is 7.54. The van der Waals surface area contributed by atoms with Crippen molar-refractivity contribution in [2.45, 2.75) is 12.8 Å². The second-order valence-corrected chi connectivity index (χ2v) is 3.22. The molecule has 0 unspecified atom stereocenters. The molecule has 0 saturated heterocycles. The summed E-state index contributed by atoms with van der Waals surface area (Å²) in [7, 11) is 1.75. The van der Waals surface area contributed by atoms with Crippen LogP contribution in [0.2, 0.25) is 0 Å². The summed E-state index contributed by atoms with van der Waals surface area (Å²) in [5.74, 6) is 0.688. The van der Waals surface area contributed by atoms with Crippen LogP contribution in [0, 0.1) is 0 Å². The Balaban J connectivity index is 2.70. The number of nitrogen functional groups attached to an aromatic ring is 1. The molecule has 1 aliphatic heterocycles. The second-order valence-electron chi connectivity index (χ2n) is 3.22. The fourth-order valence-corrected chi connectivity index (χ4v) is 1.61. The zero-order valence-electron chi connectivity index (χ0n) is 7.54. The first-order valence-corrected chi connectivity index (χ1v) is 4.31. The summed E-state index contributed by atoms with van der Waals surface area (Å²) in [4.78, 5) is 11.3. The number of nitrogens with two attached hydrogens (primary N) is 1. The minimum Gasteiger partial charge on any atom is -0.490 e. The van der Waals surface area contributed by atoms with Crippen molar-refractivity contribution in [3.8, 4) is 5.75 Å². The first-order chi connectivity index (χ1) is 6.20. The van der Waals surface area contributed by atoms with Crippen LogP contribution in [0.15, 0.2) is 10.9 Å². The largest absolute Gasteiger partial charge is 0.490 e. The van der Waals surface area contributed by atoms with Crippen LogP contribution in [0.1, 0.15) is 12.1 Å². The zero-order chi connectivity index (χ0) is 9.42. The van der Waals surface area contributed by atoms with Crippen LogP contribution in [0.5, 0.6) is 5.75 Å². The van der Waals surface area contributed by atoms with Gasteiger partial charge in [0.25, 0.3) is 5.56 Å². The van der Waals surface area contributed by atoms with Crippen molar-refractivity contribution in [3.05, 3.63) is 22.1 Å². The molecule has 1 aromatic heterocycles. The van der Waals surface area contributed by atoms with Gasteiger partial charge in [0.2, 0.25) is 0 Å². The molecule has 0 aromatic carbocycles. The van der Waals surface area contributed by atoms with Crippen molar-refractivity contribution in [2.24, 2.45) is 7.05 Å². The third-order valence-electron chi connectivity index (χ3n) is 2.34. The van der Waals surface area contributed by atoms with E-state index in [-0.39, 0.29) is 5.56 Å². The second kappa shape index (κ2) is 2.80. The van der Waals surface area contributed by atoms with Crippen molar-refractivity contribution in [2.75, 3.05) is 12.3 Å². The molecule has 0 aliphatic carbocycles. The quantitative estimate of drug-likeness (QED) is 0.624. The number of rotatable bonds is 0. The summed E-state index contributed by atoms with van der Waals surface area (Å²) >= 11 is 0. The third-order valence-corrected chi connectivity index (χ3v) is 2.34. The monoisotopic (exact) mass is 180 g/mol. The lowest BCUT2D eigenvalue weighted by atomic mass is 10.1. The van der Waals surface area contributed by atoms with E-state index >= 15 is 0 Å². The van der Waals surface area contributed by atoms with Crippen LogP contribution in [-0.2, 0) is 13.5 Å². The van der Waals surface area contributed by atoms with Gasteiger partial charge in [0.05, 0.1) is 18.0 Å². The van der Waals surface area contributed by atoms with Crippen molar-refractivity contribution in [1.82, 2.24) is 4.57 Å². The van der Waals surface area contributed by atoms with Gasteiger partial charge in [0.15, 0.2) is 5.75 Å². The molecule has 0 atom stereocenters. The van der Waals surface area contributed by atoms with E-state index in [0.717, 1.165) is 18.5 Å². The number of nitrogens with zero attached hydrogens (tertiary/aromatic N) is 1. The Labute approximate surface area is 75.9 Å². The lowest BCUT2D eigenvalue weighted by Gasteiger charge is -2.20. The number of ether oxygens (including phenoxy) is 1. The van der Waals surface area contributed by atoms with E-state index in [1.165, 1.54) is 6.07 Å². The fourth-order valence-electron chi connectivity index (χ4n) is 1.61. The number of hydrogen-bond donors (Lipinski definition) is 1. The van der Waals surface area contributed by atoms with E-state index in [1.54, 1.807) is 11.6 Å². The molecule has 0 bridgehead atoms. The van der Waals surface area contributed by atoms with Crippen LogP contribution < -0.4 is 16.0 Å². The van der Waals surface area contributed by atoms with Crippen molar-refractivity contribution in [1.29, 1.82) is 0 Å². The van der Waals surface area contributed by atoms with Gasteiger partial charge in [-0.15, -0.1) is 0 Å². The van der Waals surface area contributed by atoms with E-state index in [4.69, 9.17) is 10.5 Å². The predicted molar refractivity (Wildman–Crippen MR) is 49.9 cm³/mol. The minimum absolute atomic E-state index is 0.0678. The van der Waals surface area contributed by atoms with Crippen LogP contribution in [0.4, 0.5) is 5.69 Å². The summed E-state index contributed by atoms with van der Waals surface area (Å²) in [6.07, 6.45) is 1.82. The topological polar surface area (TPSA) is 57.2 Å². The van der Waals surface area contributed by atoms with E-state index in [2.05, 4.69) is 0 Å². The molecular formula is C9H12N2O2. The Morgan fingerprint density at radius 1 is 1.62 bits per heavy atom. The molecule has 1 aromatic rings. The molecule has 0 fully saturated rings. The minimum atomic E-state index is -0.0678. The summed E-state index contributed by atoms with van der Waals surface area (Å²) in [6, 6.07) is 1.41. The molecule has 2 N–H and O–H groups in total. The Morgan fingerprint density at radius 2 is 2.38 bits per heavy atom. The molecule has 70 valence electrons. The molecule has 4 heteroatoms. The Hall–Kier alpha value is -1.45. The predicted octanol–water partition coefficient (Wildman–Crippen LogP) is 0.292. The van der Waals surface area contributed by atoms with Crippen molar-refractivity contribution >= 4 is 5.69 Å². The standard InChI is InChI=1S/C9H12N2O2/c1-11-7-3-2-4-13-9(7)6(10)5-8(11)12/h5H,2-4,10H2,1H3. The summed E-state index contributed by atoms with van der Waals surface area (Å²) < 4.78 is 7.01. The maximum absolute atomic E-state index is 11.3. The molecule has 0 amide bonds. The highest BCUT2D eigenvalue weighted by molar-refractivity contribution is 5.55. The molecule has 0 radical (unpaired) electrons. The Morgan fingerprint density at radius 3 is 3.15 bits per heavy atom. The fraction of sp³-hybridized carbons (Fsp3) is 0.444. The summed E-state index contributed by atoms with van der Waals surface area (Å²) in [5.41, 5.74) is 6.97. The Kier molecular flexibility index (Phi) is 1.76. The number of pyridine rings is 1. The van der Waals surface area contributed by atoms with Crippen LogP contribution >= 0.6 is 0 Å². The van der Waals surface area contributed by atoms with Crippen molar-refractivity contribution in [3.63, 3.8) is 0 Å². The van der Waals surface area contributed by atoms with E-state index in [9.17, 15) is 4.79 Å². The SMILES string of the molecule is Cn1c2c(c(N)cc1=O)OCCC2. The number of fused-ring (bicyclic) bond motifs is 1. The van der Waals surface area contributed by atoms with Crippen molar-refractivity contribution < 1.29 is 4.74 Å². The smallest absolute Gasteiger partial charge is 0.252 e. The normalized spacial score (nSPS) is 14.8. The molecule has 13 heavy (non-hydrogen) atoms. The van der Waals surface area contributed by atoms with Gasteiger partial charge < -0.3 is 15.0 Å². The first kappa shape index (κ1) is 8.16. The lowest BCUT2D eigenvalue weighted by molar-refractivity contribution is 0.282. The van der Waals surface area contributed by atoms with Crippen LogP contribution in [0.25, 0.3) is 0 Å².